The van der Waals surface area contributed by atoms with Gasteiger partial charge in [0.2, 0.25) is 0 Å². The Kier molecular flexibility index (Phi) is 4.61. The Hall–Kier alpha value is 0.210. The maximum atomic E-state index is 6.11. The number of benzene rings is 1. The lowest BCUT2D eigenvalue weighted by molar-refractivity contribution is 0.363. The minimum absolute atomic E-state index is 0.288. The molecule has 1 aromatic rings. The fourth-order valence-electron chi connectivity index (χ4n) is 2.29. The molecule has 0 nitrogen and oxygen atoms in total. The average molecular weight is 301 g/mol. The van der Waals surface area contributed by atoms with Crippen LogP contribution in [0, 0.1) is 5.41 Å². The van der Waals surface area contributed by atoms with Gasteiger partial charge in [-0.15, -0.1) is 23.5 Å². The van der Waals surface area contributed by atoms with Gasteiger partial charge in [0.15, 0.2) is 0 Å². The van der Waals surface area contributed by atoms with Crippen LogP contribution in [0.2, 0.25) is 5.02 Å². The number of hydrogen-bond donors (Lipinski definition) is 0. The molecule has 0 radical (unpaired) electrons. The molecule has 0 unspecified atom stereocenters. The van der Waals surface area contributed by atoms with Crippen molar-refractivity contribution in [3.63, 3.8) is 0 Å². The van der Waals surface area contributed by atoms with E-state index >= 15 is 0 Å². The highest BCUT2D eigenvalue weighted by molar-refractivity contribution is 8.18. The first-order valence-corrected chi connectivity index (χ1v) is 8.80. The maximum Gasteiger partial charge on any atom is 0.0699 e. The molecule has 1 fully saturated rings. The minimum Gasteiger partial charge on any atom is -0.143 e. The lowest BCUT2D eigenvalue weighted by Gasteiger charge is -2.46. The molecule has 100 valence electrons. The Morgan fingerprint density at radius 3 is 2.44 bits per heavy atom. The van der Waals surface area contributed by atoms with Gasteiger partial charge in [0.1, 0.15) is 0 Å². The quantitative estimate of drug-likeness (QED) is 0.708. The van der Waals surface area contributed by atoms with E-state index in [2.05, 4.69) is 62.5 Å². The van der Waals surface area contributed by atoms with Crippen LogP contribution in [0.15, 0.2) is 24.3 Å². The summed E-state index contributed by atoms with van der Waals surface area (Å²) in [5.41, 5.74) is 1.66. The van der Waals surface area contributed by atoms with Crippen LogP contribution in [-0.2, 0) is 6.42 Å². The fourth-order valence-corrected chi connectivity index (χ4v) is 6.16. The molecule has 1 aliphatic heterocycles. The van der Waals surface area contributed by atoms with Gasteiger partial charge >= 0.3 is 0 Å². The van der Waals surface area contributed by atoms with Crippen molar-refractivity contribution in [2.45, 2.75) is 37.7 Å². The first kappa shape index (κ1) is 14.6. The molecule has 3 heteroatoms. The molecule has 1 saturated heterocycles. The molecule has 0 atom stereocenters. The molecule has 0 aromatic heterocycles. The second kappa shape index (κ2) is 5.68. The molecule has 2 rings (SSSR count). The zero-order valence-electron chi connectivity index (χ0n) is 11.3. The van der Waals surface area contributed by atoms with Gasteiger partial charge in [0, 0.05) is 5.02 Å². The number of thioether (sulfide) groups is 2. The second-order valence-corrected chi connectivity index (χ2v) is 9.34. The van der Waals surface area contributed by atoms with Crippen molar-refractivity contribution in [2.24, 2.45) is 5.41 Å². The third-order valence-electron chi connectivity index (χ3n) is 3.43. The molecule has 0 saturated carbocycles. The topological polar surface area (TPSA) is 0 Å². The van der Waals surface area contributed by atoms with E-state index in [0.29, 0.717) is 5.41 Å². The first-order valence-electron chi connectivity index (χ1n) is 6.45. The van der Waals surface area contributed by atoms with Crippen molar-refractivity contribution >= 4 is 35.1 Å². The van der Waals surface area contributed by atoms with Crippen LogP contribution >= 0.6 is 35.1 Å². The van der Waals surface area contributed by atoms with Gasteiger partial charge in [-0.25, -0.2) is 0 Å². The summed E-state index contributed by atoms with van der Waals surface area (Å²) >= 11 is 10.4. The van der Waals surface area contributed by atoms with E-state index in [-0.39, 0.29) is 4.08 Å². The normalized spacial score (nSPS) is 19.8. The molecule has 0 bridgehead atoms. The van der Waals surface area contributed by atoms with Crippen molar-refractivity contribution in [2.75, 3.05) is 11.5 Å². The summed E-state index contributed by atoms with van der Waals surface area (Å²) < 4.78 is 0.288. The molecule has 0 aliphatic carbocycles. The number of rotatable bonds is 2. The molecule has 0 amide bonds. The Bertz CT molecular complexity index is 403. The van der Waals surface area contributed by atoms with Gasteiger partial charge in [-0.2, -0.15) is 0 Å². The van der Waals surface area contributed by atoms with Gasteiger partial charge in [-0.05, 0) is 47.5 Å². The van der Waals surface area contributed by atoms with Crippen LogP contribution < -0.4 is 0 Å². The van der Waals surface area contributed by atoms with Gasteiger partial charge < -0.3 is 0 Å². The molecule has 0 N–H and O–H groups in total. The lowest BCUT2D eigenvalue weighted by Crippen LogP contribution is -2.41. The minimum atomic E-state index is 0.288. The smallest absolute Gasteiger partial charge is 0.0699 e. The predicted octanol–water partition coefficient (Wildman–Crippen LogP) is 5.50. The molecule has 0 spiro atoms. The Labute approximate surface area is 124 Å². The van der Waals surface area contributed by atoms with E-state index < -0.39 is 0 Å². The standard InChI is InChI=1S/C15H21ClS2/c1-14(2,3)15(17-8-5-9-18-15)11-12-6-4-7-13(16)10-12/h4,6-7,10H,5,8-9,11H2,1-3H3. The first-order chi connectivity index (χ1) is 8.43. The van der Waals surface area contributed by atoms with Gasteiger partial charge in [-0.1, -0.05) is 44.5 Å². The van der Waals surface area contributed by atoms with Crippen LogP contribution in [0.25, 0.3) is 0 Å². The van der Waals surface area contributed by atoms with E-state index in [1.165, 1.54) is 23.5 Å². The largest absolute Gasteiger partial charge is 0.143 e. The van der Waals surface area contributed by atoms with E-state index in [4.69, 9.17) is 11.6 Å². The highest BCUT2D eigenvalue weighted by atomic mass is 35.5. The fraction of sp³-hybridized carbons (Fsp3) is 0.600. The van der Waals surface area contributed by atoms with E-state index in [1.807, 2.05) is 6.07 Å². The van der Waals surface area contributed by atoms with Crippen LogP contribution in [0.5, 0.6) is 0 Å². The van der Waals surface area contributed by atoms with Gasteiger partial charge in [0.25, 0.3) is 0 Å². The van der Waals surface area contributed by atoms with E-state index in [0.717, 1.165) is 11.4 Å². The SMILES string of the molecule is CC(C)(C)C1(Cc2cccc(Cl)c2)SCCCS1. The van der Waals surface area contributed by atoms with E-state index in [9.17, 15) is 0 Å². The van der Waals surface area contributed by atoms with Gasteiger partial charge in [0.05, 0.1) is 4.08 Å². The summed E-state index contributed by atoms with van der Waals surface area (Å²) in [6.07, 6.45) is 2.44. The second-order valence-electron chi connectivity index (χ2n) is 5.86. The lowest BCUT2D eigenvalue weighted by atomic mass is 9.87. The summed E-state index contributed by atoms with van der Waals surface area (Å²) in [7, 11) is 0. The number of hydrogen-bond acceptors (Lipinski definition) is 2. The predicted molar refractivity (Wildman–Crippen MR) is 86.9 cm³/mol. The third kappa shape index (κ3) is 3.20. The van der Waals surface area contributed by atoms with Crippen molar-refractivity contribution in [1.82, 2.24) is 0 Å². The maximum absolute atomic E-state index is 6.11. The van der Waals surface area contributed by atoms with Crippen molar-refractivity contribution < 1.29 is 0 Å². The molecule has 1 aliphatic rings. The summed E-state index contributed by atoms with van der Waals surface area (Å²) in [6, 6.07) is 8.34. The molecule has 1 heterocycles. The number of halogens is 1. The summed E-state index contributed by atoms with van der Waals surface area (Å²) in [4.78, 5) is 0. The Morgan fingerprint density at radius 1 is 1.22 bits per heavy atom. The zero-order chi connectivity index (χ0) is 13.2. The van der Waals surface area contributed by atoms with Crippen LogP contribution in [0.3, 0.4) is 0 Å². The van der Waals surface area contributed by atoms with Crippen LogP contribution in [0.4, 0.5) is 0 Å². The average Bonchev–Trinajstić information content (AvgIpc) is 2.29. The molecule has 18 heavy (non-hydrogen) atoms. The monoisotopic (exact) mass is 300 g/mol. The summed E-state index contributed by atoms with van der Waals surface area (Å²) in [6.45, 7) is 7.09. The van der Waals surface area contributed by atoms with Gasteiger partial charge in [-0.3, -0.25) is 0 Å². The molecular weight excluding hydrogens is 280 g/mol. The Balaban J connectivity index is 2.25. The highest BCUT2D eigenvalue weighted by Crippen LogP contribution is 2.55. The summed E-state index contributed by atoms with van der Waals surface area (Å²) in [5, 5.41) is 0.849. The van der Waals surface area contributed by atoms with Crippen molar-refractivity contribution in [3.8, 4) is 0 Å². The Morgan fingerprint density at radius 2 is 1.89 bits per heavy atom. The molecule has 1 aromatic carbocycles. The zero-order valence-corrected chi connectivity index (χ0v) is 13.7. The van der Waals surface area contributed by atoms with Crippen molar-refractivity contribution in [3.05, 3.63) is 34.9 Å². The third-order valence-corrected chi connectivity index (χ3v) is 7.80. The highest BCUT2D eigenvalue weighted by Gasteiger charge is 2.44. The van der Waals surface area contributed by atoms with E-state index in [1.54, 1.807) is 0 Å². The van der Waals surface area contributed by atoms with Crippen LogP contribution in [-0.4, -0.2) is 15.6 Å². The van der Waals surface area contributed by atoms with Crippen LogP contribution in [0.1, 0.15) is 32.8 Å². The van der Waals surface area contributed by atoms with Crippen molar-refractivity contribution in [1.29, 1.82) is 0 Å². The summed E-state index contributed by atoms with van der Waals surface area (Å²) in [5.74, 6) is 2.57. The molecular formula is C15H21ClS2.